The minimum atomic E-state index is -1.36. The first-order valence-corrected chi connectivity index (χ1v) is 10.2. The number of aliphatic hydroxyl groups is 1. The molecule has 0 spiro atoms. The number of hydrogen-bond donors (Lipinski definition) is 1. The van der Waals surface area contributed by atoms with Crippen molar-refractivity contribution < 1.29 is 19.4 Å². The van der Waals surface area contributed by atoms with E-state index in [1.165, 1.54) is 11.3 Å². The average Bonchev–Trinajstić information content (AvgIpc) is 3.19. The van der Waals surface area contributed by atoms with Crippen LogP contribution < -0.4 is 4.74 Å². The molecule has 2 heterocycles. The predicted octanol–water partition coefficient (Wildman–Crippen LogP) is 4.40. The van der Waals surface area contributed by atoms with E-state index >= 15 is 0 Å². The van der Waals surface area contributed by atoms with Gasteiger partial charge in [-0.3, -0.25) is 0 Å². The lowest BCUT2D eigenvalue weighted by molar-refractivity contribution is -0.153. The molecule has 0 saturated carbocycles. The van der Waals surface area contributed by atoms with Crippen LogP contribution in [0.4, 0.5) is 0 Å². The van der Waals surface area contributed by atoms with E-state index in [2.05, 4.69) is 0 Å². The Balaban J connectivity index is 1.80. The Morgan fingerprint density at radius 2 is 2.07 bits per heavy atom. The number of aromatic nitrogens is 1. The molecule has 0 bridgehead atoms. The van der Waals surface area contributed by atoms with E-state index in [-0.39, 0.29) is 6.61 Å². The van der Waals surface area contributed by atoms with Crippen LogP contribution in [0, 0.1) is 0 Å². The minimum Gasteiger partial charge on any atom is -0.493 e. The lowest BCUT2D eigenvalue weighted by Crippen LogP contribution is -2.15. The maximum absolute atomic E-state index is 12.2. The highest BCUT2D eigenvalue weighted by Gasteiger charge is 2.27. The van der Waals surface area contributed by atoms with Crippen LogP contribution in [0.3, 0.4) is 0 Å². The van der Waals surface area contributed by atoms with E-state index in [4.69, 9.17) is 14.5 Å². The van der Waals surface area contributed by atoms with Crippen molar-refractivity contribution in [3.8, 4) is 27.6 Å². The summed E-state index contributed by atoms with van der Waals surface area (Å²) in [6.45, 7) is 2.66. The predicted molar refractivity (Wildman–Crippen MR) is 108 cm³/mol. The number of ether oxygens (including phenoxy) is 2. The van der Waals surface area contributed by atoms with Crippen molar-refractivity contribution in [3.05, 3.63) is 59.0 Å². The molecule has 0 radical (unpaired) electrons. The number of aryl methyl sites for hydroxylation is 1. The molecule has 0 amide bonds. The number of rotatable bonds is 5. The normalized spacial score (nSPS) is 14.1. The van der Waals surface area contributed by atoms with E-state index in [0.29, 0.717) is 10.6 Å². The largest absolute Gasteiger partial charge is 0.493 e. The van der Waals surface area contributed by atoms with Gasteiger partial charge in [0, 0.05) is 11.1 Å². The third-order valence-corrected chi connectivity index (χ3v) is 5.77. The molecule has 1 unspecified atom stereocenters. The SMILES string of the molecule is CCOC(=O)C(O)c1sc(-c2ccccc2)nc1-c1ccc2c(c1)CCCO2. The van der Waals surface area contributed by atoms with Gasteiger partial charge in [-0.2, -0.15) is 0 Å². The Labute approximate surface area is 167 Å². The molecule has 1 atom stereocenters. The second-order valence-corrected chi connectivity index (χ2v) is 7.56. The molecule has 1 aromatic heterocycles. The zero-order valence-corrected chi connectivity index (χ0v) is 16.4. The highest BCUT2D eigenvalue weighted by Crippen LogP contribution is 2.39. The Kier molecular flexibility index (Phi) is 5.41. The van der Waals surface area contributed by atoms with Gasteiger partial charge < -0.3 is 14.6 Å². The van der Waals surface area contributed by atoms with Crippen molar-refractivity contribution in [2.45, 2.75) is 25.9 Å². The molecule has 6 heteroatoms. The average molecular weight is 395 g/mol. The molecule has 0 aliphatic carbocycles. The number of carbonyl (C=O) groups excluding carboxylic acids is 1. The van der Waals surface area contributed by atoms with Crippen LogP contribution >= 0.6 is 11.3 Å². The first-order chi connectivity index (χ1) is 13.7. The third-order valence-electron chi connectivity index (χ3n) is 4.61. The first kappa shape index (κ1) is 18.7. The van der Waals surface area contributed by atoms with Gasteiger partial charge in [-0.15, -0.1) is 11.3 Å². The number of esters is 1. The molecule has 28 heavy (non-hydrogen) atoms. The van der Waals surface area contributed by atoms with E-state index < -0.39 is 12.1 Å². The Hall–Kier alpha value is -2.70. The molecule has 144 valence electrons. The molecule has 2 aromatic carbocycles. The van der Waals surface area contributed by atoms with E-state index in [0.717, 1.165) is 46.9 Å². The van der Waals surface area contributed by atoms with Crippen molar-refractivity contribution in [3.63, 3.8) is 0 Å². The number of thiazole rings is 1. The fourth-order valence-electron chi connectivity index (χ4n) is 3.26. The van der Waals surface area contributed by atoms with Gasteiger partial charge in [0.1, 0.15) is 10.8 Å². The van der Waals surface area contributed by atoms with Crippen molar-refractivity contribution >= 4 is 17.3 Å². The summed E-state index contributed by atoms with van der Waals surface area (Å²) in [5.41, 5.74) is 3.53. The van der Waals surface area contributed by atoms with Gasteiger partial charge >= 0.3 is 5.97 Å². The van der Waals surface area contributed by atoms with Crippen molar-refractivity contribution in [1.82, 2.24) is 4.98 Å². The molecule has 1 aliphatic rings. The van der Waals surface area contributed by atoms with Gasteiger partial charge in [0.05, 0.1) is 23.8 Å². The summed E-state index contributed by atoms with van der Waals surface area (Å²) in [6.07, 6.45) is 0.549. The van der Waals surface area contributed by atoms with E-state index in [1.807, 2.05) is 48.5 Å². The summed E-state index contributed by atoms with van der Waals surface area (Å²) >= 11 is 1.31. The summed E-state index contributed by atoms with van der Waals surface area (Å²) in [5, 5.41) is 11.4. The van der Waals surface area contributed by atoms with Crippen molar-refractivity contribution in [2.24, 2.45) is 0 Å². The smallest absolute Gasteiger partial charge is 0.340 e. The standard InChI is InChI=1S/C22H21NO4S/c1-2-26-22(25)19(24)20-18(23-21(28-20)14-7-4-3-5-8-14)16-10-11-17-15(13-16)9-6-12-27-17/h3-5,7-8,10-11,13,19,24H,2,6,9,12H2,1H3. The molecular formula is C22H21NO4S. The number of hydrogen-bond acceptors (Lipinski definition) is 6. The van der Waals surface area contributed by atoms with Gasteiger partial charge in [0.25, 0.3) is 0 Å². The van der Waals surface area contributed by atoms with Crippen LogP contribution in [-0.2, 0) is 16.0 Å². The summed E-state index contributed by atoms with van der Waals surface area (Å²) in [7, 11) is 0. The summed E-state index contributed by atoms with van der Waals surface area (Å²) < 4.78 is 10.7. The zero-order valence-electron chi connectivity index (χ0n) is 15.6. The third kappa shape index (κ3) is 3.66. The lowest BCUT2D eigenvalue weighted by atomic mass is 10.0. The second-order valence-electron chi connectivity index (χ2n) is 6.53. The maximum atomic E-state index is 12.2. The molecular weight excluding hydrogens is 374 g/mol. The van der Waals surface area contributed by atoms with Gasteiger partial charge in [-0.1, -0.05) is 30.3 Å². The van der Waals surface area contributed by atoms with Crippen LogP contribution in [0.1, 0.15) is 29.9 Å². The van der Waals surface area contributed by atoms with Crippen LogP contribution in [-0.4, -0.2) is 29.3 Å². The molecule has 1 N–H and O–H groups in total. The Morgan fingerprint density at radius 3 is 2.86 bits per heavy atom. The lowest BCUT2D eigenvalue weighted by Gasteiger charge is -2.18. The van der Waals surface area contributed by atoms with E-state index in [9.17, 15) is 9.90 Å². The van der Waals surface area contributed by atoms with Crippen LogP contribution in [0.15, 0.2) is 48.5 Å². The minimum absolute atomic E-state index is 0.214. The summed E-state index contributed by atoms with van der Waals surface area (Å²) in [4.78, 5) is 17.5. The first-order valence-electron chi connectivity index (χ1n) is 9.34. The highest BCUT2D eigenvalue weighted by atomic mass is 32.1. The zero-order chi connectivity index (χ0) is 19.5. The molecule has 1 aliphatic heterocycles. The van der Waals surface area contributed by atoms with Gasteiger partial charge in [0.2, 0.25) is 0 Å². The van der Waals surface area contributed by atoms with E-state index in [1.54, 1.807) is 6.92 Å². The van der Waals surface area contributed by atoms with Crippen molar-refractivity contribution in [1.29, 1.82) is 0 Å². The maximum Gasteiger partial charge on any atom is 0.340 e. The molecule has 0 fully saturated rings. The summed E-state index contributed by atoms with van der Waals surface area (Å²) in [6, 6.07) is 15.6. The Morgan fingerprint density at radius 1 is 1.25 bits per heavy atom. The molecule has 4 rings (SSSR count). The van der Waals surface area contributed by atoms with Crippen LogP contribution in [0.5, 0.6) is 5.75 Å². The van der Waals surface area contributed by atoms with Crippen LogP contribution in [0.2, 0.25) is 0 Å². The topological polar surface area (TPSA) is 68.7 Å². The van der Waals surface area contributed by atoms with Gasteiger partial charge in [0.15, 0.2) is 6.10 Å². The number of aliphatic hydroxyl groups excluding tert-OH is 1. The quantitative estimate of drug-likeness (QED) is 0.649. The summed E-state index contributed by atoms with van der Waals surface area (Å²) in [5.74, 6) is 0.231. The number of fused-ring (bicyclic) bond motifs is 1. The molecule has 3 aromatic rings. The molecule has 0 saturated heterocycles. The fourth-order valence-corrected chi connectivity index (χ4v) is 4.33. The molecule has 5 nitrogen and oxygen atoms in total. The number of benzene rings is 2. The van der Waals surface area contributed by atoms with Gasteiger partial charge in [-0.05, 0) is 43.5 Å². The van der Waals surface area contributed by atoms with Crippen molar-refractivity contribution in [2.75, 3.05) is 13.2 Å². The fraction of sp³-hybridized carbons (Fsp3) is 0.273. The highest BCUT2D eigenvalue weighted by molar-refractivity contribution is 7.15. The number of nitrogens with zero attached hydrogens (tertiary/aromatic N) is 1. The van der Waals surface area contributed by atoms with Gasteiger partial charge in [-0.25, -0.2) is 9.78 Å². The second kappa shape index (κ2) is 8.12. The van der Waals surface area contributed by atoms with Crippen LogP contribution in [0.25, 0.3) is 21.8 Å². The monoisotopic (exact) mass is 395 g/mol. The Bertz CT molecular complexity index is 983. The number of carbonyl (C=O) groups is 1.